The molecule has 1 aromatic heterocycles. The van der Waals surface area contributed by atoms with E-state index in [2.05, 4.69) is 10.3 Å². The number of carbonyl (C=O) groups is 1. The molecule has 0 radical (unpaired) electrons. The van der Waals surface area contributed by atoms with Gasteiger partial charge in [0.25, 0.3) is 5.91 Å². The average Bonchev–Trinajstić information content (AvgIpc) is 2.36. The number of nitrogens with zero attached hydrogens (tertiary/aromatic N) is 2. The number of aromatic nitrogens is 1. The van der Waals surface area contributed by atoms with E-state index in [1.165, 1.54) is 4.90 Å². The molecule has 0 spiro atoms. The summed E-state index contributed by atoms with van der Waals surface area (Å²) < 4.78 is 0. The van der Waals surface area contributed by atoms with E-state index in [1.54, 1.807) is 32.4 Å². The van der Waals surface area contributed by atoms with Gasteiger partial charge in [-0.3, -0.25) is 9.78 Å². The first-order chi connectivity index (χ1) is 8.35. The fourth-order valence-electron chi connectivity index (χ4n) is 1.28. The third-order valence-electron chi connectivity index (χ3n) is 2.58. The molecule has 100 valence electrons. The van der Waals surface area contributed by atoms with Crippen LogP contribution >= 0.6 is 0 Å². The number of carbonyl (C=O) groups excluding carboxylic acids is 1. The molecule has 0 saturated carbocycles. The van der Waals surface area contributed by atoms with Crippen molar-refractivity contribution < 1.29 is 9.90 Å². The van der Waals surface area contributed by atoms with E-state index in [9.17, 15) is 9.90 Å². The molecule has 1 aromatic rings. The number of pyridine rings is 1. The third kappa shape index (κ3) is 4.00. The van der Waals surface area contributed by atoms with Gasteiger partial charge in [0, 0.05) is 44.5 Å². The van der Waals surface area contributed by atoms with Gasteiger partial charge < -0.3 is 15.3 Å². The van der Waals surface area contributed by atoms with Crippen LogP contribution in [-0.4, -0.2) is 48.1 Å². The topological polar surface area (TPSA) is 65.5 Å². The lowest BCUT2D eigenvalue weighted by atomic mass is 9.95. The van der Waals surface area contributed by atoms with Crippen LogP contribution in [0, 0.1) is 5.41 Å². The molecule has 0 aliphatic carbocycles. The minimum atomic E-state index is -0.199. The van der Waals surface area contributed by atoms with Gasteiger partial charge in [-0.1, -0.05) is 13.8 Å². The lowest BCUT2D eigenvalue weighted by Crippen LogP contribution is -2.27. The van der Waals surface area contributed by atoms with Crippen molar-refractivity contribution in [1.29, 1.82) is 0 Å². The Hall–Kier alpha value is -1.62. The normalized spacial score (nSPS) is 11.2. The maximum atomic E-state index is 11.7. The van der Waals surface area contributed by atoms with Crippen LogP contribution < -0.4 is 5.32 Å². The molecule has 0 unspecified atom stereocenters. The zero-order chi connectivity index (χ0) is 13.8. The second-order valence-corrected chi connectivity index (χ2v) is 5.31. The van der Waals surface area contributed by atoms with Gasteiger partial charge >= 0.3 is 0 Å². The van der Waals surface area contributed by atoms with Crippen LogP contribution in [0.3, 0.4) is 0 Å². The molecule has 0 saturated heterocycles. The quantitative estimate of drug-likeness (QED) is 0.825. The van der Waals surface area contributed by atoms with E-state index in [0.29, 0.717) is 12.2 Å². The number of rotatable bonds is 5. The van der Waals surface area contributed by atoms with Crippen molar-refractivity contribution in [3.8, 4) is 0 Å². The Morgan fingerprint density at radius 3 is 2.72 bits per heavy atom. The van der Waals surface area contributed by atoms with Crippen molar-refractivity contribution in [2.45, 2.75) is 13.8 Å². The Morgan fingerprint density at radius 2 is 2.17 bits per heavy atom. The van der Waals surface area contributed by atoms with Gasteiger partial charge in [0.15, 0.2) is 0 Å². The molecule has 5 heteroatoms. The Balaban J connectivity index is 2.74. The molecule has 1 heterocycles. The van der Waals surface area contributed by atoms with Gasteiger partial charge in [-0.15, -0.1) is 0 Å². The fraction of sp³-hybridized carbons (Fsp3) is 0.538. The number of hydrogen-bond acceptors (Lipinski definition) is 4. The van der Waals surface area contributed by atoms with Crippen LogP contribution in [0.5, 0.6) is 0 Å². The van der Waals surface area contributed by atoms with E-state index in [0.717, 1.165) is 5.69 Å². The zero-order valence-electron chi connectivity index (χ0n) is 11.4. The number of aliphatic hydroxyl groups excluding tert-OH is 1. The average molecular weight is 251 g/mol. The van der Waals surface area contributed by atoms with Crippen LogP contribution in [0.2, 0.25) is 0 Å². The van der Waals surface area contributed by atoms with Crippen LogP contribution in [0.25, 0.3) is 0 Å². The van der Waals surface area contributed by atoms with E-state index >= 15 is 0 Å². The van der Waals surface area contributed by atoms with Gasteiger partial charge in [0.1, 0.15) is 5.69 Å². The lowest BCUT2D eigenvalue weighted by Gasteiger charge is -2.22. The number of hydrogen-bond donors (Lipinski definition) is 2. The Morgan fingerprint density at radius 1 is 1.50 bits per heavy atom. The standard InChI is InChI=1S/C13H21N3O2/c1-13(2,9-17)8-15-10-5-6-14-11(7-10)12(18)16(3)4/h5-7,17H,8-9H2,1-4H3,(H,14,15). The summed E-state index contributed by atoms with van der Waals surface area (Å²) in [5, 5.41) is 12.4. The van der Waals surface area contributed by atoms with Gasteiger partial charge in [-0.25, -0.2) is 0 Å². The highest BCUT2D eigenvalue weighted by atomic mass is 16.3. The first kappa shape index (κ1) is 14.4. The number of amides is 1. The second kappa shape index (κ2) is 5.82. The van der Waals surface area contributed by atoms with Crippen molar-refractivity contribution in [2.24, 2.45) is 5.41 Å². The minimum absolute atomic E-state index is 0.106. The minimum Gasteiger partial charge on any atom is -0.396 e. The van der Waals surface area contributed by atoms with Crippen LogP contribution in [0.15, 0.2) is 18.3 Å². The summed E-state index contributed by atoms with van der Waals surface area (Å²) in [5.74, 6) is -0.125. The molecule has 2 N–H and O–H groups in total. The van der Waals surface area contributed by atoms with Gasteiger partial charge in [-0.05, 0) is 12.1 Å². The molecule has 0 aromatic carbocycles. The molecular weight excluding hydrogens is 230 g/mol. The van der Waals surface area contributed by atoms with Crippen molar-refractivity contribution in [2.75, 3.05) is 32.6 Å². The van der Waals surface area contributed by atoms with E-state index in [4.69, 9.17) is 0 Å². The van der Waals surface area contributed by atoms with Gasteiger partial charge in [-0.2, -0.15) is 0 Å². The maximum absolute atomic E-state index is 11.7. The predicted octanol–water partition coefficient (Wildman–Crippen LogP) is 1.21. The zero-order valence-corrected chi connectivity index (χ0v) is 11.4. The third-order valence-corrected chi connectivity index (χ3v) is 2.58. The molecule has 0 aliphatic heterocycles. The predicted molar refractivity (Wildman–Crippen MR) is 71.6 cm³/mol. The highest BCUT2D eigenvalue weighted by Crippen LogP contribution is 2.16. The second-order valence-electron chi connectivity index (χ2n) is 5.31. The van der Waals surface area contributed by atoms with Gasteiger partial charge in [0.05, 0.1) is 0 Å². The molecule has 1 rings (SSSR count). The summed E-state index contributed by atoms with van der Waals surface area (Å²) in [7, 11) is 3.39. The molecule has 0 bridgehead atoms. The van der Waals surface area contributed by atoms with Crippen LogP contribution in [0.1, 0.15) is 24.3 Å². The summed E-state index contributed by atoms with van der Waals surface area (Å²) in [6, 6.07) is 3.52. The van der Waals surface area contributed by atoms with Crippen molar-refractivity contribution in [1.82, 2.24) is 9.88 Å². The van der Waals surface area contributed by atoms with E-state index in [1.807, 2.05) is 13.8 Å². The SMILES string of the molecule is CN(C)C(=O)c1cc(NCC(C)(C)CO)ccn1. The number of anilines is 1. The Labute approximate surface area is 108 Å². The Bertz CT molecular complexity index is 416. The molecule has 0 atom stereocenters. The van der Waals surface area contributed by atoms with Crippen molar-refractivity contribution >= 4 is 11.6 Å². The molecule has 1 amide bonds. The number of aliphatic hydroxyl groups is 1. The monoisotopic (exact) mass is 251 g/mol. The molecule has 5 nitrogen and oxygen atoms in total. The highest BCUT2D eigenvalue weighted by molar-refractivity contribution is 5.92. The largest absolute Gasteiger partial charge is 0.396 e. The molecular formula is C13H21N3O2. The molecule has 0 aliphatic rings. The maximum Gasteiger partial charge on any atom is 0.272 e. The first-order valence-corrected chi connectivity index (χ1v) is 5.88. The van der Waals surface area contributed by atoms with Crippen LogP contribution in [0.4, 0.5) is 5.69 Å². The lowest BCUT2D eigenvalue weighted by molar-refractivity contribution is 0.0822. The highest BCUT2D eigenvalue weighted by Gasteiger charge is 2.16. The molecule has 18 heavy (non-hydrogen) atoms. The van der Waals surface area contributed by atoms with Crippen molar-refractivity contribution in [3.63, 3.8) is 0 Å². The summed E-state index contributed by atoms with van der Waals surface area (Å²) >= 11 is 0. The summed E-state index contributed by atoms with van der Waals surface area (Å²) in [4.78, 5) is 17.3. The van der Waals surface area contributed by atoms with Crippen molar-refractivity contribution in [3.05, 3.63) is 24.0 Å². The van der Waals surface area contributed by atoms with E-state index in [-0.39, 0.29) is 17.9 Å². The summed E-state index contributed by atoms with van der Waals surface area (Å²) in [6.45, 7) is 4.66. The van der Waals surface area contributed by atoms with E-state index < -0.39 is 0 Å². The number of nitrogens with one attached hydrogen (secondary N) is 1. The Kier molecular flexibility index (Phi) is 4.67. The van der Waals surface area contributed by atoms with Gasteiger partial charge in [0.2, 0.25) is 0 Å². The molecule has 0 fully saturated rings. The fourth-order valence-corrected chi connectivity index (χ4v) is 1.28. The van der Waals surface area contributed by atoms with Crippen LogP contribution in [-0.2, 0) is 0 Å². The summed E-state index contributed by atoms with van der Waals surface area (Å²) in [5.41, 5.74) is 1.04. The first-order valence-electron chi connectivity index (χ1n) is 5.88. The summed E-state index contributed by atoms with van der Waals surface area (Å²) in [6.07, 6.45) is 1.60. The smallest absolute Gasteiger partial charge is 0.272 e.